The molecular formula is C19H24N4O6S. The molecule has 0 aliphatic carbocycles. The lowest BCUT2D eigenvalue weighted by molar-refractivity contribution is -0.112. The summed E-state index contributed by atoms with van der Waals surface area (Å²) in [5, 5.41) is 11.8. The van der Waals surface area contributed by atoms with Crippen LogP contribution in [0.15, 0.2) is 40.9 Å². The van der Waals surface area contributed by atoms with Gasteiger partial charge in [0.2, 0.25) is 0 Å². The van der Waals surface area contributed by atoms with E-state index in [9.17, 15) is 23.3 Å². The van der Waals surface area contributed by atoms with E-state index in [1.54, 1.807) is 30.6 Å². The molecule has 1 aliphatic heterocycles. The van der Waals surface area contributed by atoms with Gasteiger partial charge < -0.3 is 19.9 Å². The second-order valence-electron chi connectivity index (χ2n) is 7.61. The number of amides is 2. The van der Waals surface area contributed by atoms with Crippen LogP contribution in [0.1, 0.15) is 20.8 Å². The Morgan fingerprint density at radius 2 is 1.73 bits per heavy atom. The van der Waals surface area contributed by atoms with Gasteiger partial charge in [0.15, 0.2) is 0 Å². The van der Waals surface area contributed by atoms with Crippen molar-refractivity contribution in [1.29, 1.82) is 5.26 Å². The van der Waals surface area contributed by atoms with Crippen molar-refractivity contribution in [2.75, 3.05) is 31.5 Å². The van der Waals surface area contributed by atoms with Crippen LogP contribution in [-0.4, -0.2) is 66.6 Å². The molecular weight excluding hydrogens is 412 g/mol. The Morgan fingerprint density at radius 3 is 2.20 bits per heavy atom. The standard InChI is InChI=1S/C19H24N4O6S/c1-19(2,3)29-18(25)23-10-8-22(9-11-23)13-14(12-20)17(24)21-15-4-6-16(7-5-15)30(26,27)28/h4-7,13H,8-11H2,1-3H3,(H,21,24)(H,26,27,28)/b14-13-. The van der Waals surface area contributed by atoms with Crippen LogP contribution in [0.4, 0.5) is 10.5 Å². The third kappa shape index (κ3) is 6.75. The van der Waals surface area contributed by atoms with E-state index in [1.807, 2.05) is 6.07 Å². The zero-order valence-electron chi connectivity index (χ0n) is 17.0. The number of piperazine rings is 1. The van der Waals surface area contributed by atoms with Crippen LogP contribution in [-0.2, 0) is 19.6 Å². The lowest BCUT2D eigenvalue weighted by atomic mass is 10.2. The third-order valence-electron chi connectivity index (χ3n) is 4.05. The smallest absolute Gasteiger partial charge is 0.410 e. The molecule has 0 spiro atoms. The normalized spacial score (nSPS) is 15.4. The second-order valence-corrected chi connectivity index (χ2v) is 9.03. The van der Waals surface area contributed by atoms with Crippen molar-refractivity contribution in [3.05, 3.63) is 36.0 Å². The second kappa shape index (κ2) is 9.15. The number of nitrogens with one attached hydrogen (secondary N) is 1. The topological polar surface area (TPSA) is 140 Å². The molecule has 0 unspecified atom stereocenters. The number of rotatable bonds is 4. The molecule has 0 aromatic heterocycles. The van der Waals surface area contributed by atoms with Crippen LogP contribution >= 0.6 is 0 Å². The number of carbonyl (C=O) groups excluding carboxylic acids is 2. The molecule has 1 saturated heterocycles. The van der Waals surface area contributed by atoms with Gasteiger partial charge in [0.05, 0.1) is 4.90 Å². The molecule has 162 valence electrons. The first-order valence-electron chi connectivity index (χ1n) is 9.12. The van der Waals surface area contributed by atoms with Crippen molar-refractivity contribution in [3.8, 4) is 6.07 Å². The molecule has 2 amide bonds. The highest BCUT2D eigenvalue weighted by molar-refractivity contribution is 7.85. The van der Waals surface area contributed by atoms with Gasteiger partial charge in [-0.2, -0.15) is 13.7 Å². The highest BCUT2D eigenvalue weighted by atomic mass is 32.2. The largest absolute Gasteiger partial charge is 0.444 e. The number of nitrogens with zero attached hydrogens (tertiary/aromatic N) is 3. The average Bonchev–Trinajstić information content (AvgIpc) is 2.64. The minimum Gasteiger partial charge on any atom is -0.444 e. The van der Waals surface area contributed by atoms with Crippen LogP contribution < -0.4 is 5.32 Å². The summed E-state index contributed by atoms with van der Waals surface area (Å²) in [6.07, 6.45) is 1.02. The first-order chi connectivity index (χ1) is 13.9. The molecule has 2 N–H and O–H groups in total. The lowest BCUT2D eigenvalue weighted by Crippen LogP contribution is -2.48. The van der Waals surface area contributed by atoms with Gasteiger partial charge in [0, 0.05) is 38.1 Å². The van der Waals surface area contributed by atoms with E-state index in [4.69, 9.17) is 9.29 Å². The predicted molar refractivity (Wildman–Crippen MR) is 108 cm³/mol. The molecule has 10 nitrogen and oxygen atoms in total. The molecule has 2 rings (SSSR count). The summed E-state index contributed by atoms with van der Waals surface area (Å²) in [7, 11) is -4.33. The number of anilines is 1. The van der Waals surface area contributed by atoms with Gasteiger partial charge >= 0.3 is 6.09 Å². The Hall–Kier alpha value is -3.10. The maximum Gasteiger partial charge on any atom is 0.410 e. The van der Waals surface area contributed by atoms with Crippen LogP contribution in [0.25, 0.3) is 0 Å². The molecule has 1 fully saturated rings. The van der Waals surface area contributed by atoms with Crippen molar-refractivity contribution in [2.45, 2.75) is 31.3 Å². The minimum atomic E-state index is -4.33. The lowest BCUT2D eigenvalue weighted by Gasteiger charge is -2.35. The Kier molecular flexibility index (Phi) is 7.07. The van der Waals surface area contributed by atoms with Gasteiger partial charge in [0.25, 0.3) is 16.0 Å². The van der Waals surface area contributed by atoms with Gasteiger partial charge in [0.1, 0.15) is 17.2 Å². The SMILES string of the molecule is CC(C)(C)OC(=O)N1CCN(/C=C(/C#N)C(=O)Nc2ccc(S(=O)(=O)O)cc2)CC1. The van der Waals surface area contributed by atoms with E-state index < -0.39 is 27.7 Å². The predicted octanol–water partition coefficient (Wildman–Crippen LogP) is 1.83. The Bertz CT molecular complexity index is 966. The van der Waals surface area contributed by atoms with Gasteiger partial charge in [-0.1, -0.05) is 0 Å². The molecule has 1 aliphatic rings. The first-order valence-corrected chi connectivity index (χ1v) is 10.6. The molecule has 0 saturated carbocycles. The summed E-state index contributed by atoms with van der Waals surface area (Å²) in [5.74, 6) is -0.660. The summed E-state index contributed by atoms with van der Waals surface area (Å²) in [6.45, 7) is 7.01. The Labute approximate surface area is 175 Å². The average molecular weight is 436 g/mol. The van der Waals surface area contributed by atoms with Crippen LogP contribution in [0.2, 0.25) is 0 Å². The number of hydrogen-bond acceptors (Lipinski definition) is 7. The summed E-state index contributed by atoms with van der Waals surface area (Å²) < 4.78 is 36.4. The zero-order valence-corrected chi connectivity index (χ0v) is 17.8. The van der Waals surface area contributed by atoms with E-state index >= 15 is 0 Å². The zero-order chi connectivity index (χ0) is 22.5. The summed E-state index contributed by atoms with van der Waals surface area (Å²) >= 11 is 0. The number of nitriles is 1. The summed E-state index contributed by atoms with van der Waals surface area (Å²) in [6, 6.07) is 6.71. The maximum atomic E-state index is 12.3. The van der Waals surface area contributed by atoms with E-state index in [-0.39, 0.29) is 16.2 Å². The van der Waals surface area contributed by atoms with Crippen molar-refractivity contribution in [1.82, 2.24) is 9.80 Å². The fourth-order valence-corrected chi connectivity index (χ4v) is 3.07. The first kappa shape index (κ1) is 23.2. The summed E-state index contributed by atoms with van der Waals surface area (Å²) in [5.41, 5.74) is -0.456. The van der Waals surface area contributed by atoms with E-state index in [0.29, 0.717) is 26.2 Å². The van der Waals surface area contributed by atoms with E-state index in [1.165, 1.54) is 18.3 Å². The van der Waals surface area contributed by atoms with Gasteiger partial charge in [-0.05, 0) is 45.0 Å². The van der Waals surface area contributed by atoms with Crippen molar-refractivity contribution < 1.29 is 27.3 Å². The fraction of sp³-hybridized carbons (Fsp3) is 0.421. The highest BCUT2D eigenvalue weighted by Crippen LogP contribution is 2.15. The molecule has 0 atom stereocenters. The Balaban J connectivity index is 1.97. The molecule has 11 heteroatoms. The maximum absolute atomic E-state index is 12.3. The number of ether oxygens (including phenoxy) is 1. The van der Waals surface area contributed by atoms with E-state index in [0.717, 1.165) is 12.1 Å². The van der Waals surface area contributed by atoms with Crippen LogP contribution in [0.3, 0.4) is 0 Å². The highest BCUT2D eigenvalue weighted by Gasteiger charge is 2.25. The van der Waals surface area contributed by atoms with Crippen LogP contribution in [0, 0.1) is 11.3 Å². The monoisotopic (exact) mass is 436 g/mol. The Morgan fingerprint density at radius 1 is 1.17 bits per heavy atom. The molecule has 1 aromatic rings. The minimum absolute atomic E-state index is 0.139. The molecule has 0 radical (unpaired) electrons. The van der Waals surface area contributed by atoms with Crippen molar-refractivity contribution in [2.24, 2.45) is 0 Å². The molecule has 30 heavy (non-hydrogen) atoms. The molecule has 1 aromatic carbocycles. The molecule has 1 heterocycles. The quantitative estimate of drug-likeness (QED) is 0.414. The van der Waals surface area contributed by atoms with Crippen molar-refractivity contribution >= 4 is 27.8 Å². The van der Waals surface area contributed by atoms with Gasteiger partial charge in [-0.15, -0.1) is 0 Å². The summed E-state index contributed by atoms with van der Waals surface area (Å²) in [4.78, 5) is 27.5. The number of hydrogen-bond donors (Lipinski definition) is 2. The van der Waals surface area contributed by atoms with Gasteiger partial charge in [-0.25, -0.2) is 4.79 Å². The van der Waals surface area contributed by atoms with Crippen molar-refractivity contribution in [3.63, 3.8) is 0 Å². The number of carbonyl (C=O) groups is 2. The third-order valence-corrected chi connectivity index (χ3v) is 4.92. The van der Waals surface area contributed by atoms with Gasteiger partial charge in [-0.3, -0.25) is 9.35 Å². The fourth-order valence-electron chi connectivity index (χ4n) is 2.59. The van der Waals surface area contributed by atoms with Crippen LogP contribution in [0.5, 0.6) is 0 Å². The molecule has 0 bridgehead atoms. The number of benzene rings is 1. The van der Waals surface area contributed by atoms with E-state index in [2.05, 4.69) is 5.32 Å².